The Morgan fingerprint density at radius 1 is 1.47 bits per heavy atom. The molecule has 0 atom stereocenters. The molecular formula is C14H19ClN2O2. The normalized spacial score (nSPS) is 18.2. The summed E-state index contributed by atoms with van der Waals surface area (Å²) in [6, 6.07) is 5.12. The van der Waals surface area contributed by atoms with E-state index in [4.69, 9.17) is 16.3 Å². The summed E-state index contributed by atoms with van der Waals surface area (Å²) in [7, 11) is 1.56. The Morgan fingerprint density at radius 2 is 2.21 bits per heavy atom. The Morgan fingerprint density at radius 3 is 2.84 bits per heavy atom. The monoisotopic (exact) mass is 282 g/mol. The van der Waals surface area contributed by atoms with Crippen LogP contribution in [0.3, 0.4) is 0 Å². The number of hydrogen-bond donors (Lipinski definition) is 1. The minimum atomic E-state index is -0.220. The zero-order valence-corrected chi connectivity index (χ0v) is 12.3. The van der Waals surface area contributed by atoms with Gasteiger partial charge in [0.25, 0.3) is 5.91 Å². The van der Waals surface area contributed by atoms with Gasteiger partial charge >= 0.3 is 0 Å². The first kappa shape index (κ1) is 14.2. The van der Waals surface area contributed by atoms with Crippen molar-refractivity contribution in [2.75, 3.05) is 26.7 Å². The van der Waals surface area contributed by atoms with Crippen LogP contribution in [0.5, 0.6) is 5.75 Å². The summed E-state index contributed by atoms with van der Waals surface area (Å²) in [6.45, 7) is 6.36. The van der Waals surface area contributed by atoms with Crippen molar-refractivity contribution in [3.8, 4) is 5.75 Å². The van der Waals surface area contributed by atoms with Gasteiger partial charge in [0.15, 0.2) is 0 Å². The van der Waals surface area contributed by atoms with Crippen molar-refractivity contribution in [3.05, 3.63) is 28.8 Å². The molecule has 1 aliphatic rings. The van der Waals surface area contributed by atoms with E-state index in [-0.39, 0.29) is 11.4 Å². The summed E-state index contributed by atoms with van der Waals surface area (Å²) in [6.07, 6.45) is 0. The molecule has 1 heterocycles. The molecule has 0 aromatic heterocycles. The van der Waals surface area contributed by atoms with Crippen molar-refractivity contribution in [2.24, 2.45) is 0 Å². The molecule has 0 aliphatic carbocycles. The first-order valence-corrected chi connectivity index (χ1v) is 6.70. The Bertz CT molecular complexity index is 488. The lowest BCUT2D eigenvalue weighted by Gasteiger charge is -2.43. The maximum Gasteiger partial charge on any atom is 0.258 e. The molecule has 0 radical (unpaired) electrons. The van der Waals surface area contributed by atoms with Gasteiger partial charge in [-0.05, 0) is 32.0 Å². The molecule has 5 heteroatoms. The maximum absolute atomic E-state index is 12.7. The van der Waals surface area contributed by atoms with Crippen LogP contribution in [-0.2, 0) is 0 Å². The average molecular weight is 283 g/mol. The van der Waals surface area contributed by atoms with Gasteiger partial charge in [0.05, 0.1) is 18.2 Å². The van der Waals surface area contributed by atoms with Gasteiger partial charge in [-0.25, -0.2) is 0 Å². The van der Waals surface area contributed by atoms with Crippen LogP contribution in [0.15, 0.2) is 18.2 Å². The first-order valence-electron chi connectivity index (χ1n) is 6.32. The minimum absolute atomic E-state index is 0.0362. The number of ether oxygens (including phenoxy) is 1. The molecule has 1 amide bonds. The molecule has 1 saturated heterocycles. The zero-order valence-electron chi connectivity index (χ0n) is 11.5. The van der Waals surface area contributed by atoms with E-state index in [0.717, 1.165) is 13.1 Å². The molecule has 19 heavy (non-hydrogen) atoms. The van der Waals surface area contributed by atoms with Gasteiger partial charge in [-0.3, -0.25) is 4.79 Å². The number of nitrogens with one attached hydrogen (secondary N) is 1. The second-order valence-corrected chi connectivity index (χ2v) is 5.73. The van der Waals surface area contributed by atoms with E-state index in [1.165, 1.54) is 0 Å². The van der Waals surface area contributed by atoms with Crippen LogP contribution in [0.1, 0.15) is 24.2 Å². The first-order chi connectivity index (χ1) is 8.95. The lowest BCUT2D eigenvalue weighted by molar-refractivity contribution is 0.0474. The summed E-state index contributed by atoms with van der Waals surface area (Å²) in [4.78, 5) is 14.6. The second-order valence-electron chi connectivity index (χ2n) is 5.29. The van der Waals surface area contributed by atoms with E-state index >= 15 is 0 Å². The molecule has 0 saturated carbocycles. The van der Waals surface area contributed by atoms with E-state index in [9.17, 15) is 4.79 Å². The predicted octanol–water partition coefficient (Wildman–Crippen LogP) is 2.17. The van der Waals surface area contributed by atoms with Crippen LogP contribution < -0.4 is 10.1 Å². The number of methoxy groups -OCH3 is 1. The highest BCUT2D eigenvalue weighted by atomic mass is 35.5. The average Bonchev–Trinajstić information content (AvgIpc) is 2.37. The van der Waals surface area contributed by atoms with Crippen molar-refractivity contribution in [2.45, 2.75) is 19.4 Å². The van der Waals surface area contributed by atoms with Crippen molar-refractivity contribution in [1.82, 2.24) is 10.2 Å². The molecule has 0 bridgehead atoms. The summed E-state index contributed by atoms with van der Waals surface area (Å²) < 4.78 is 5.26. The second kappa shape index (κ2) is 5.39. The van der Waals surface area contributed by atoms with Crippen molar-refractivity contribution in [1.29, 1.82) is 0 Å². The smallest absolute Gasteiger partial charge is 0.258 e. The lowest BCUT2D eigenvalue weighted by atomic mass is 9.98. The van der Waals surface area contributed by atoms with Gasteiger partial charge in [0, 0.05) is 24.7 Å². The van der Waals surface area contributed by atoms with Crippen LogP contribution in [0, 0.1) is 0 Å². The van der Waals surface area contributed by atoms with Crippen molar-refractivity contribution >= 4 is 17.5 Å². The molecular weight excluding hydrogens is 264 g/mol. The molecule has 1 aromatic carbocycles. The Balaban J connectivity index is 2.35. The van der Waals surface area contributed by atoms with Gasteiger partial charge in [0.1, 0.15) is 5.75 Å². The molecule has 0 unspecified atom stereocenters. The molecule has 104 valence electrons. The van der Waals surface area contributed by atoms with Gasteiger partial charge in [0.2, 0.25) is 0 Å². The van der Waals surface area contributed by atoms with Gasteiger partial charge in [-0.2, -0.15) is 0 Å². The SMILES string of the molecule is COc1ccc(Cl)cc1C(=O)N1CCNCC1(C)C. The van der Waals surface area contributed by atoms with E-state index in [0.29, 0.717) is 22.9 Å². The van der Waals surface area contributed by atoms with E-state index in [1.807, 2.05) is 18.7 Å². The summed E-state index contributed by atoms with van der Waals surface area (Å²) in [5.74, 6) is 0.523. The van der Waals surface area contributed by atoms with Crippen LogP contribution in [-0.4, -0.2) is 43.1 Å². The number of rotatable bonds is 2. The van der Waals surface area contributed by atoms with Gasteiger partial charge in [-0.15, -0.1) is 0 Å². The third kappa shape index (κ3) is 2.85. The Kier molecular flexibility index (Phi) is 4.02. The molecule has 1 aliphatic heterocycles. The number of hydrogen-bond acceptors (Lipinski definition) is 3. The number of carbonyl (C=O) groups is 1. The molecule has 2 rings (SSSR count). The van der Waals surface area contributed by atoms with E-state index < -0.39 is 0 Å². The number of halogens is 1. The van der Waals surface area contributed by atoms with Gasteiger partial charge in [-0.1, -0.05) is 11.6 Å². The third-order valence-electron chi connectivity index (χ3n) is 3.44. The van der Waals surface area contributed by atoms with Crippen LogP contribution in [0.2, 0.25) is 5.02 Å². The van der Waals surface area contributed by atoms with E-state index in [1.54, 1.807) is 25.3 Å². The molecule has 1 aromatic rings. The van der Waals surface area contributed by atoms with Crippen molar-refractivity contribution < 1.29 is 9.53 Å². The molecule has 1 fully saturated rings. The number of nitrogens with zero attached hydrogens (tertiary/aromatic N) is 1. The Hall–Kier alpha value is -1.26. The number of carbonyl (C=O) groups excluding carboxylic acids is 1. The largest absolute Gasteiger partial charge is 0.496 e. The van der Waals surface area contributed by atoms with Crippen LogP contribution >= 0.6 is 11.6 Å². The molecule has 0 spiro atoms. The highest BCUT2D eigenvalue weighted by Crippen LogP contribution is 2.27. The quantitative estimate of drug-likeness (QED) is 0.904. The summed E-state index contributed by atoms with van der Waals surface area (Å²) in [5.41, 5.74) is 0.299. The fourth-order valence-electron chi connectivity index (χ4n) is 2.35. The molecule has 1 N–H and O–H groups in total. The maximum atomic E-state index is 12.7. The zero-order chi connectivity index (χ0) is 14.0. The minimum Gasteiger partial charge on any atom is -0.496 e. The highest BCUT2D eigenvalue weighted by molar-refractivity contribution is 6.31. The fourth-order valence-corrected chi connectivity index (χ4v) is 2.52. The number of amides is 1. The third-order valence-corrected chi connectivity index (χ3v) is 3.67. The van der Waals surface area contributed by atoms with Crippen LogP contribution in [0.25, 0.3) is 0 Å². The predicted molar refractivity (Wildman–Crippen MR) is 76.0 cm³/mol. The molecule has 4 nitrogen and oxygen atoms in total. The lowest BCUT2D eigenvalue weighted by Crippen LogP contribution is -2.59. The number of benzene rings is 1. The van der Waals surface area contributed by atoms with Crippen LogP contribution in [0.4, 0.5) is 0 Å². The fraction of sp³-hybridized carbons (Fsp3) is 0.500. The van der Waals surface area contributed by atoms with Crippen molar-refractivity contribution in [3.63, 3.8) is 0 Å². The van der Waals surface area contributed by atoms with E-state index in [2.05, 4.69) is 5.32 Å². The topological polar surface area (TPSA) is 41.6 Å². The summed E-state index contributed by atoms with van der Waals surface area (Å²) in [5, 5.41) is 3.84. The van der Waals surface area contributed by atoms with Gasteiger partial charge < -0.3 is 15.0 Å². The Labute approximate surface area is 118 Å². The highest BCUT2D eigenvalue weighted by Gasteiger charge is 2.34. The standard InChI is InChI=1S/C14H19ClN2O2/c1-14(2)9-16-6-7-17(14)13(18)11-8-10(15)4-5-12(11)19-3/h4-5,8,16H,6-7,9H2,1-3H3. The summed E-state index contributed by atoms with van der Waals surface area (Å²) >= 11 is 5.99. The number of piperazine rings is 1.